The number of hydrogen-bond donors (Lipinski definition) is 2. The molecule has 1 saturated heterocycles. The van der Waals surface area contributed by atoms with Gasteiger partial charge in [-0.25, -0.2) is 9.37 Å². The fourth-order valence-electron chi connectivity index (χ4n) is 4.18. The van der Waals surface area contributed by atoms with Crippen LogP contribution in [0.15, 0.2) is 36.4 Å². The normalized spacial score (nSPS) is 21.5. The van der Waals surface area contributed by atoms with Crippen molar-refractivity contribution in [3.63, 3.8) is 0 Å². The molecule has 2 aliphatic heterocycles. The minimum atomic E-state index is -0.675. The van der Waals surface area contributed by atoms with Crippen molar-refractivity contribution < 1.29 is 18.7 Å². The molecule has 0 radical (unpaired) electrons. The molecule has 3 heterocycles. The summed E-state index contributed by atoms with van der Waals surface area (Å²) in [6.07, 6.45) is 1.47. The van der Waals surface area contributed by atoms with Crippen molar-refractivity contribution in [3.05, 3.63) is 53.6 Å². The first-order valence-electron chi connectivity index (χ1n) is 10.1. The highest BCUT2D eigenvalue weighted by Crippen LogP contribution is 2.35. The Morgan fingerprint density at radius 1 is 1.23 bits per heavy atom. The monoisotopic (exact) mass is 410 g/mol. The first kappa shape index (κ1) is 18.9. The third-order valence-corrected chi connectivity index (χ3v) is 5.82. The smallest absolute Gasteiger partial charge is 0.254 e. The molecule has 5 rings (SSSR count). The van der Waals surface area contributed by atoms with Gasteiger partial charge >= 0.3 is 0 Å². The number of H-pyrrole nitrogens is 1. The summed E-state index contributed by atoms with van der Waals surface area (Å²) < 4.78 is 25.5. The van der Waals surface area contributed by atoms with E-state index in [0.29, 0.717) is 18.8 Å². The summed E-state index contributed by atoms with van der Waals surface area (Å²) in [6.45, 7) is 1.44. The average molecular weight is 410 g/mol. The van der Waals surface area contributed by atoms with E-state index in [-0.39, 0.29) is 30.0 Å². The van der Waals surface area contributed by atoms with Gasteiger partial charge < -0.3 is 19.8 Å². The van der Waals surface area contributed by atoms with E-state index in [9.17, 15) is 9.18 Å². The molecule has 3 aromatic rings. The molecule has 2 aliphatic rings. The number of benzene rings is 2. The number of carbonyl (C=O) groups excluding carboxylic acids is 1. The number of hydrogen-bond acceptors (Lipinski definition) is 5. The first-order chi connectivity index (χ1) is 14.6. The Balaban J connectivity index is 1.33. The van der Waals surface area contributed by atoms with E-state index in [2.05, 4.69) is 22.2 Å². The number of likely N-dealkylation sites (tertiary alicyclic amines) is 1. The predicted molar refractivity (Wildman–Crippen MR) is 109 cm³/mol. The SMILES string of the molecule is CN1CCC(NC(=O)c2ccc3c(c2F)OCCO3)CC1c1nc2ccccc2[nH]1. The quantitative estimate of drug-likeness (QED) is 0.694. The maximum Gasteiger partial charge on any atom is 0.254 e. The van der Waals surface area contributed by atoms with Gasteiger partial charge in [-0.3, -0.25) is 9.69 Å². The number of fused-ring (bicyclic) bond motifs is 2. The standard InChI is InChI=1S/C22H23FN4O3/c1-27-9-8-13(12-17(27)21-25-15-4-2-3-5-16(15)26-21)24-22(28)14-6-7-18-20(19(14)23)30-11-10-29-18/h2-7,13,17H,8-12H2,1H3,(H,24,28)(H,25,26). The van der Waals surface area contributed by atoms with Crippen molar-refractivity contribution in [1.82, 2.24) is 20.2 Å². The minimum absolute atomic E-state index is 0.0115. The van der Waals surface area contributed by atoms with E-state index in [1.54, 1.807) is 6.07 Å². The summed E-state index contributed by atoms with van der Waals surface area (Å²) in [7, 11) is 2.05. The molecule has 2 N–H and O–H groups in total. The van der Waals surface area contributed by atoms with Gasteiger partial charge in [0.1, 0.15) is 19.0 Å². The number of rotatable bonds is 3. The number of nitrogens with one attached hydrogen (secondary N) is 2. The molecule has 0 saturated carbocycles. The zero-order valence-electron chi connectivity index (χ0n) is 16.7. The van der Waals surface area contributed by atoms with Crippen LogP contribution in [-0.4, -0.2) is 53.6 Å². The zero-order chi connectivity index (χ0) is 20.7. The van der Waals surface area contributed by atoms with Crippen LogP contribution >= 0.6 is 0 Å². The molecule has 0 aliphatic carbocycles. The van der Waals surface area contributed by atoms with Crippen molar-refractivity contribution in [2.45, 2.75) is 24.9 Å². The number of halogens is 1. The molecule has 156 valence electrons. The fraction of sp³-hybridized carbons (Fsp3) is 0.364. The lowest BCUT2D eigenvalue weighted by molar-refractivity contribution is 0.0877. The molecular formula is C22H23FN4O3. The Morgan fingerprint density at radius 2 is 2.07 bits per heavy atom. The number of ether oxygens (including phenoxy) is 2. The molecule has 1 aromatic heterocycles. The molecule has 0 spiro atoms. The number of amides is 1. The Labute approximate surface area is 173 Å². The molecule has 2 atom stereocenters. The molecule has 7 nitrogen and oxygen atoms in total. The Bertz CT molecular complexity index is 1070. The first-order valence-corrected chi connectivity index (χ1v) is 10.1. The van der Waals surface area contributed by atoms with Gasteiger partial charge in [-0.2, -0.15) is 0 Å². The molecule has 1 amide bonds. The third-order valence-electron chi connectivity index (χ3n) is 5.82. The van der Waals surface area contributed by atoms with Crippen LogP contribution in [0, 0.1) is 5.82 Å². The zero-order valence-corrected chi connectivity index (χ0v) is 16.7. The van der Waals surface area contributed by atoms with Crippen LogP contribution < -0.4 is 14.8 Å². The lowest BCUT2D eigenvalue weighted by Gasteiger charge is -2.36. The molecule has 8 heteroatoms. The molecule has 2 aromatic carbocycles. The van der Waals surface area contributed by atoms with E-state index < -0.39 is 11.7 Å². The van der Waals surface area contributed by atoms with Crippen LogP contribution in [0.5, 0.6) is 11.5 Å². The van der Waals surface area contributed by atoms with Gasteiger partial charge in [-0.05, 0) is 44.2 Å². The second kappa shape index (κ2) is 7.60. The maximum atomic E-state index is 14.8. The van der Waals surface area contributed by atoms with Gasteiger partial charge in [-0.15, -0.1) is 0 Å². The van der Waals surface area contributed by atoms with Crippen LogP contribution in [0.25, 0.3) is 11.0 Å². The van der Waals surface area contributed by atoms with Crippen LogP contribution in [0.3, 0.4) is 0 Å². The van der Waals surface area contributed by atoms with Gasteiger partial charge in [0.25, 0.3) is 5.91 Å². The summed E-state index contributed by atoms with van der Waals surface area (Å²) in [6, 6.07) is 10.9. The second-order valence-electron chi connectivity index (χ2n) is 7.78. The van der Waals surface area contributed by atoms with Gasteiger partial charge in [0.2, 0.25) is 0 Å². The van der Waals surface area contributed by atoms with Crippen molar-refractivity contribution in [2.75, 3.05) is 26.8 Å². The molecular weight excluding hydrogens is 387 g/mol. The fourth-order valence-corrected chi connectivity index (χ4v) is 4.18. The Morgan fingerprint density at radius 3 is 2.93 bits per heavy atom. The Hall–Kier alpha value is -3.13. The number of piperidine rings is 1. The minimum Gasteiger partial charge on any atom is -0.486 e. The molecule has 30 heavy (non-hydrogen) atoms. The van der Waals surface area contributed by atoms with Gasteiger partial charge in [0, 0.05) is 12.6 Å². The number of nitrogens with zero attached hydrogens (tertiary/aromatic N) is 2. The van der Waals surface area contributed by atoms with Gasteiger partial charge in [-0.1, -0.05) is 12.1 Å². The third kappa shape index (κ3) is 3.37. The largest absolute Gasteiger partial charge is 0.486 e. The van der Waals surface area contributed by atoms with E-state index in [4.69, 9.17) is 14.5 Å². The van der Waals surface area contributed by atoms with Crippen molar-refractivity contribution in [2.24, 2.45) is 0 Å². The van der Waals surface area contributed by atoms with E-state index >= 15 is 0 Å². The molecule has 2 unspecified atom stereocenters. The highest BCUT2D eigenvalue weighted by Gasteiger charge is 2.31. The van der Waals surface area contributed by atoms with Crippen LogP contribution in [0.4, 0.5) is 4.39 Å². The topological polar surface area (TPSA) is 79.5 Å². The summed E-state index contributed by atoms with van der Waals surface area (Å²) >= 11 is 0. The number of carbonyl (C=O) groups is 1. The van der Waals surface area contributed by atoms with Crippen molar-refractivity contribution >= 4 is 16.9 Å². The average Bonchev–Trinajstić information content (AvgIpc) is 3.19. The number of para-hydroxylation sites is 2. The number of imidazole rings is 1. The molecule has 1 fully saturated rings. The van der Waals surface area contributed by atoms with Crippen molar-refractivity contribution in [3.8, 4) is 11.5 Å². The van der Waals surface area contributed by atoms with Crippen LogP contribution in [0.2, 0.25) is 0 Å². The summed E-state index contributed by atoms with van der Waals surface area (Å²) in [5, 5.41) is 2.99. The summed E-state index contributed by atoms with van der Waals surface area (Å²) in [4.78, 5) is 23.1. The van der Waals surface area contributed by atoms with Crippen LogP contribution in [0.1, 0.15) is 35.1 Å². The van der Waals surface area contributed by atoms with Gasteiger partial charge in [0.15, 0.2) is 17.3 Å². The lowest BCUT2D eigenvalue weighted by atomic mass is 9.96. The lowest BCUT2D eigenvalue weighted by Crippen LogP contribution is -2.45. The second-order valence-corrected chi connectivity index (χ2v) is 7.78. The number of aromatic amines is 1. The Kier molecular flexibility index (Phi) is 4.78. The van der Waals surface area contributed by atoms with E-state index in [1.807, 2.05) is 24.3 Å². The van der Waals surface area contributed by atoms with Gasteiger partial charge in [0.05, 0.1) is 22.6 Å². The van der Waals surface area contributed by atoms with E-state index in [1.165, 1.54) is 6.07 Å². The van der Waals surface area contributed by atoms with E-state index in [0.717, 1.165) is 29.8 Å². The van der Waals surface area contributed by atoms with Crippen molar-refractivity contribution in [1.29, 1.82) is 0 Å². The summed E-state index contributed by atoms with van der Waals surface area (Å²) in [5.74, 6) is 0.106. The predicted octanol–water partition coefficient (Wildman–Crippen LogP) is 3.04. The maximum absolute atomic E-state index is 14.8. The number of aromatic nitrogens is 2. The molecule has 0 bridgehead atoms. The highest BCUT2D eigenvalue weighted by atomic mass is 19.1. The highest BCUT2D eigenvalue weighted by molar-refractivity contribution is 5.95. The van der Waals surface area contributed by atoms with Crippen LogP contribution in [-0.2, 0) is 0 Å². The summed E-state index contributed by atoms with van der Waals surface area (Å²) in [5.41, 5.74) is 1.88.